The standard InChI is InChI=1S/C8H11NOS/c1-4-5-6(11)9-7(10)8(5,2)3/h4H,1-3H3,(H,9,10,11)/b5-4-. The number of rotatable bonds is 0. The van der Waals surface area contributed by atoms with E-state index in [0.717, 1.165) is 5.57 Å². The van der Waals surface area contributed by atoms with Crippen LogP contribution < -0.4 is 5.32 Å². The molecule has 3 heteroatoms. The fourth-order valence-corrected chi connectivity index (χ4v) is 1.69. The van der Waals surface area contributed by atoms with Crippen LogP contribution in [0.2, 0.25) is 0 Å². The largest absolute Gasteiger partial charge is 0.316 e. The second kappa shape index (κ2) is 2.41. The first-order valence-electron chi connectivity index (χ1n) is 3.52. The number of carbonyl (C=O) groups is 1. The molecule has 1 amide bonds. The zero-order valence-electron chi connectivity index (χ0n) is 6.89. The number of nitrogens with one attached hydrogen (secondary N) is 1. The van der Waals surface area contributed by atoms with E-state index in [1.807, 2.05) is 26.8 Å². The molecule has 60 valence electrons. The van der Waals surface area contributed by atoms with Gasteiger partial charge in [0.25, 0.3) is 0 Å². The summed E-state index contributed by atoms with van der Waals surface area (Å²) >= 11 is 4.97. The Hall–Kier alpha value is -0.700. The molecule has 0 aromatic rings. The zero-order valence-corrected chi connectivity index (χ0v) is 7.71. The second-order valence-electron chi connectivity index (χ2n) is 3.11. The third kappa shape index (κ3) is 1.09. The SMILES string of the molecule is C/C=C1/C(=S)NC(=O)C1(C)C. The molecular formula is C8H11NOS. The molecule has 0 unspecified atom stereocenters. The van der Waals surface area contributed by atoms with Crippen molar-refractivity contribution in [1.29, 1.82) is 0 Å². The Labute approximate surface area is 71.7 Å². The molecule has 0 aromatic carbocycles. The van der Waals surface area contributed by atoms with Gasteiger partial charge in [0.05, 0.1) is 5.41 Å². The van der Waals surface area contributed by atoms with E-state index in [0.29, 0.717) is 4.99 Å². The highest BCUT2D eigenvalue weighted by Gasteiger charge is 2.40. The first-order chi connectivity index (χ1) is 5.00. The monoisotopic (exact) mass is 169 g/mol. The fraction of sp³-hybridized carbons (Fsp3) is 0.500. The summed E-state index contributed by atoms with van der Waals surface area (Å²) in [5, 5.41) is 2.63. The number of thiocarbonyl (C=S) groups is 1. The molecule has 1 aliphatic rings. The average Bonchev–Trinajstić information content (AvgIpc) is 2.04. The van der Waals surface area contributed by atoms with Gasteiger partial charge in [-0.3, -0.25) is 4.79 Å². The lowest BCUT2D eigenvalue weighted by Crippen LogP contribution is -2.26. The van der Waals surface area contributed by atoms with Gasteiger partial charge >= 0.3 is 0 Å². The minimum Gasteiger partial charge on any atom is -0.316 e. The Morgan fingerprint density at radius 2 is 2.09 bits per heavy atom. The van der Waals surface area contributed by atoms with Gasteiger partial charge in [0.15, 0.2) is 0 Å². The van der Waals surface area contributed by atoms with Crippen molar-refractivity contribution in [3.63, 3.8) is 0 Å². The molecule has 11 heavy (non-hydrogen) atoms. The normalized spacial score (nSPS) is 25.9. The van der Waals surface area contributed by atoms with E-state index in [2.05, 4.69) is 5.32 Å². The molecular weight excluding hydrogens is 158 g/mol. The van der Waals surface area contributed by atoms with Crippen LogP contribution >= 0.6 is 12.2 Å². The Morgan fingerprint density at radius 3 is 2.27 bits per heavy atom. The molecule has 0 bridgehead atoms. The fourth-order valence-electron chi connectivity index (χ4n) is 1.22. The molecule has 0 aliphatic carbocycles. The van der Waals surface area contributed by atoms with Gasteiger partial charge in [0.2, 0.25) is 5.91 Å². The number of carbonyl (C=O) groups excluding carboxylic acids is 1. The van der Waals surface area contributed by atoms with Crippen LogP contribution in [0.3, 0.4) is 0 Å². The quantitative estimate of drug-likeness (QED) is 0.439. The van der Waals surface area contributed by atoms with E-state index in [9.17, 15) is 4.79 Å². The Balaban J connectivity index is 3.14. The molecule has 0 radical (unpaired) electrons. The van der Waals surface area contributed by atoms with E-state index < -0.39 is 5.41 Å². The highest BCUT2D eigenvalue weighted by Crippen LogP contribution is 2.31. The maximum absolute atomic E-state index is 11.2. The molecule has 1 heterocycles. The summed E-state index contributed by atoms with van der Waals surface area (Å²) in [6.45, 7) is 5.64. The number of hydrogen-bond donors (Lipinski definition) is 1. The van der Waals surface area contributed by atoms with Crippen LogP contribution in [0.5, 0.6) is 0 Å². The molecule has 1 rings (SSSR count). The van der Waals surface area contributed by atoms with Gasteiger partial charge < -0.3 is 5.32 Å². The van der Waals surface area contributed by atoms with E-state index in [4.69, 9.17) is 12.2 Å². The van der Waals surface area contributed by atoms with Crippen molar-refractivity contribution in [2.24, 2.45) is 5.41 Å². The van der Waals surface area contributed by atoms with Crippen LogP contribution in [0.15, 0.2) is 11.6 Å². The molecule has 1 N–H and O–H groups in total. The van der Waals surface area contributed by atoms with E-state index in [1.54, 1.807) is 0 Å². The van der Waals surface area contributed by atoms with Gasteiger partial charge in [-0.05, 0) is 26.3 Å². The molecule has 1 aliphatic heterocycles. The number of allylic oxidation sites excluding steroid dienone is 1. The van der Waals surface area contributed by atoms with Gasteiger partial charge in [-0.1, -0.05) is 18.3 Å². The Morgan fingerprint density at radius 1 is 1.55 bits per heavy atom. The topological polar surface area (TPSA) is 29.1 Å². The van der Waals surface area contributed by atoms with Crippen LogP contribution in [0.4, 0.5) is 0 Å². The smallest absolute Gasteiger partial charge is 0.235 e. The van der Waals surface area contributed by atoms with Crippen LogP contribution in [0.1, 0.15) is 20.8 Å². The van der Waals surface area contributed by atoms with Gasteiger partial charge in [-0.2, -0.15) is 0 Å². The Kier molecular flexibility index (Phi) is 1.84. The summed E-state index contributed by atoms with van der Waals surface area (Å²) in [5.74, 6) is -0.00407. The molecule has 0 aromatic heterocycles. The first-order valence-corrected chi connectivity index (χ1v) is 3.93. The lowest BCUT2D eigenvalue weighted by Gasteiger charge is -2.13. The minimum atomic E-state index is -0.439. The van der Waals surface area contributed by atoms with Crippen LogP contribution in [0, 0.1) is 5.41 Å². The summed E-state index contributed by atoms with van der Waals surface area (Å²) < 4.78 is 0. The molecule has 1 saturated heterocycles. The first kappa shape index (κ1) is 8.40. The van der Waals surface area contributed by atoms with Gasteiger partial charge in [0.1, 0.15) is 4.99 Å². The van der Waals surface area contributed by atoms with E-state index in [1.165, 1.54) is 0 Å². The van der Waals surface area contributed by atoms with E-state index in [-0.39, 0.29) is 5.91 Å². The zero-order chi connectivity index (χ0) is 8.65. The molecule has 0 spiro atoms. The lowest BCUT2D eigenvalue weighted by atomic mass is 9.87. The summed E-state index contributed by atoms with van der Waals surface area (Å²) in [4.78, 5) is 11.8. The maximum atomic E-state index is 11.2. The highest BCUT2D eigenvalue weighted by molar-refractivity contribution is 7.80. The summed E-state index contributed by atoms with van der Waals surface area (Å²) in [6, 6.07) is 0. The number of hydrogen-bond acceptors (Lipinski definition) is 2. The second-order valence-corrected chi connectivity index (χ2v) is 3.52. The molecule has 2 nitrogen and oxygen atoms in total. The van der Waals surface area contributed by atoms with Crippen molar-refractivity contribution in [1.82, 2.24) is 5.32 Å². The van der Waals surface area contributed by atoms with Gasteiger partial charge in [0, 0.05) is 0 Å². The van der Waals surface area contributed by atoms with E-state index >= 15 is 0 Å². The number of amides is 1. The predicted octanol–water partition coefficient (Wildman–Crippen LogP) is 1.42. The van der Waals surface area contributed by atoms with Gasteiger partial charge in [-0.15, -0.1) is 0 Å². The molecule has 0 atom stereocenters. The van der Waals surface area contributed by atoms with Crippen molar-refractivity contribution < 1.29 is 4.79 Å². The predicted molar refractivity (Wildman–Crippen MR) is 48.3 cm³/mol. The van der Waals surface area contributed by atoms with Crippen molar-refractivity contribution in [2.45, 2.75) is 20.8 Å². The molecule has 1 fully saturated rings. The van der Waals surface area contributed by atoms with Crippen LogP contribution in [-0.4, -0.2) is 10.9 Å². The average molecular weight is 169 g/mol. The third-order valence-electron chi connectivity index (χ3n) is 2.00. The van der Waals surface area contributed by atoms with Crippen LogP contribution in [0.25, 0.3) is 0 Å². The molecule has 0 saturated carbocycles. The van der Waals surface area contributed by atoms with Gasteiger partial charge in [-0.25, -0.2) is 0 Å². The van der Waals surface area contributed by atoms with Crippen molar-refractivity contribution in [3.05, 3.63) is 11.6 Å². The highest BCUT2D eigenvalue weighted by atomic mass is 32.1. The summed E-state index contributed by atoms with van der Waals surface area (Å²) in [5.41, 5.74) is 0.490. The van der Waals surface area contributed by atoms with Crippen molar-refractivity contribution >= 4 is 23.1 Å². The Bertz CT molecular complexity index is 253. The minimum absolute atomic E-state index is 0.00407. The summed E-state index contributed by atoms with van der Waals surface area (Å²) in [7, 11) is 0. The summed E-state index contributed by atoms with van der Waals surface area (Å²) in [6.07, 6.45) is 1.89. The third-order valence-corrected chi connectivity index (χ3v) is 2.32. The van der Waals surface area contributed by atoms with Crippen LogP contribution in [-0.2, 0) is 4.79 Å². The lowest BCUT2D eigenvalue weighted by molar-refractivity contribution is -0.124. The van der Waals surface area contributed by atoms with Crippen molar-refractivity contribution in [2.75, 3.05) is 0 Å². The van der Waals surface area contributed by atoms with Crippen molar-refractivity contribution in [3.8, 4) is 0 Å². The maximum Gasteiger partial charge on any atom is 0.235 e.